The largest absolute Gasteiger partial charge is 0.301 e. The van der Waals surface area contributed by atoms with E-state index >= 15 is 0 Å². The van der Waals surface area contributed by atoms with Crippen LogP contribution < -0.4 is 0 Å². The molecule has 2 heterocycles. The molecule has 0 aliphatic rings. The van der Waals surface area contributed by atoms with E-state index in [1.165, 1.54) is 31.7 Å². The highest BCUT2D eigenvalue weighted by molar-refractivity contribution is 7.18. The Bertz CT molecular complexity index is 868. The molecule has 2 aromatic carbocycles. The molecule has 92 valence electrons. The van der Waals surface area contributed by atoms with Gasteiger partial charge in [0.05, 0.1) is 5.52 Å². The second-order valence-electron chi connectivity index (χ2n) is 4.76. The summed E-state index contributed by atoms with van der Waals surface area (Å²) in [7, 11) is 0. The third-order valence-corrected chi connectivity index (χ3v) is 4.52. The van der Waals surface area contributed by atoms with Gasteiger partial charge in [0.2, 0.25) is 0 Å². The van der Waals surface area contributed by atoms with Gasteiger partial charge in [-0.05, 0) is 31.2 Å². The van der Waals surface area contributed by atoms with E-state index in [0.717, 1.165) is 0 Å². The van der Waals surface area contributed by atoms with Crippen molar-refractivity contribution in [3.63, 3.8) is 0 Å². The molecule has 0 aliphatic carbocycles. The molecule has 2 heteroatoms. The van der Waals surface area contributed by atoms with Crippen LogP contribution in [0.4, 0.5) is 0 Å². The van der Waals surface area contributed by atoms with Crippen LogP contribution in [0.15, 0.2) is 60.7 Å². The average molecular weight is 263 g/mol. The van der Waals surface area contributed by atoms with Gasteiger partial charge in [0.15, 0.2) is 0 Å². The molecule has 0 radical (unpaired) electrons. The van der Waals surface area contributed by atoms with Crippen molar-refractivity contribution in [2.24, 2.45) is 0 Å². The minimum Gasteiger partial charge on any atom is -0.301 e. The molecule has 0 unspecified atom stereocenters. The average Bonchev–Trinajstić information content (AvgIpc) is 2.95. The zero-order valence-corrected chi connectivity index (χ0v) is 11.4. The van der Waals surface area contributed by atoms with Gasteiger partial charge in [0.25, 0.3) is 0 Å². The molecule has 2 aromatic heterocycles. The van der Waals surface area contributed by atoms with Crippen LogP contribution in [0, 0.1) is 6.92 Å². The van der Waals surface area contributed by atoms with Gasteiger partial charge in [-0.25, -0.2) is 0 Å². The maximum absolute atomic E-state index is 2.36. The molecule has 0 N–H and O–H groups in total. The summed E-state index contributed by atoms with van der Waals surface area (Å²) in [6.07, 6.45) is 0. The maximum atomic E-state index is 2.36. The SMILES string of the molecule is Cc1cc2c3ccccc3n(-c3ccccc3)c2s1. The molecule has 0 spiro atoms. The number of nitrogens with zero attached hydrogens (tertiary/aromatic N) is 1. The van der Waals surface area contributed by atoms with Gasteiger partial charge in [-0.15, -0.1) is 11.3 Å². The van der Waals surface area contributed by atoms with Crippen molar-refractivity contribution in [3.05, 3.63) is 65.5 Å². The quantitative estimate of drug-likeness (QED) is 0.447. The van der Waals surface area contributed by atoms with E-state index in [0.29, 0.717) is 0 Å². The molecule has 0 saturated carbocycles. The van der Waals surface area contributed by atoms with Crippen molar-refractivity contribution in [1.29, 1.82) is 0 Å². The Balaban J connectivity index is 2.22. The lowest BCUT2D eigenvalue weighted by Crippen LogP contribution is -1.91. The number of rotatable bonds is 1. The van der Waals surface area contributed by atoms with Gasteiger partial charge in [-0.1, -0.05) is 36.4 Å². The number of benzene rings is 2. The van der Waals surface area contributed by atoms with E-state index < -0.39 is 0 Å². The third kappa shape index (κ3) is 1.53. The molecule has 4 rings (SSSR count). The number of thiophene rings is 1. The maximum Gasteiger partial charge on any atom is 0.108 e. The topological polar surface area (TPSA) is 4.93 Å². The van der Waals surface area contributed by atoms with Crippen molar-refractivity contribution in [2.45, 2.75) is 6.92 Å². The molecule has 4 aromatic rings. The highest BCUT2D eigenvalue weighted by Gasteiger charge is 2.13. The van der Waals surface area contributed by atoms with E-state index in [1.54, 1.807) is 0 Å². The van der Waals surface area contributed by atoms with Crippen LogP contribution in [-0.2, 0) is 0 Å². The van der Waals surface area contributed by atoms with Crippen LogP contribution in [-0.4, -0.2) is 4.57 Å². The Labute approximate surface area is 115 Å². The van der Waals surface area contributed by atoms with Gasteiger partial charge in [0, 0.05) is 21.3 Å². The monoisotopic (exact) mass is 263 g/mol. The second kappa shape index (κ2) is 3.97. The summed E-state index contributed by atoms with van der Waals surface area (Å²) < 4.78 is 2.36. The van der Waals surface area contributed by atoms with Gasteiger partial charge in [-0.3, -0.25) is 0 Å². The fourth-order valence-electron chi connectivity index (χ4n) is 2.70. The third-order valence-electron chi connectivity index (χ3n) is 3.49. The minimum atomic E-state index is 1.23. The van der Waals surface area contributed by atoms with Gasteiger partial charge < -0.3 is 4.57 Å². The predicted molar refractivity (Wildman–Crippen MR) is 83.4 cm³/mol. The van der Waals surface area contributed by atoms with E-state index in [-0.39, 0.29) is 0 Å². The van der Waals surface area contributed by atoms with Gasteiger partial charge in [-0.2, -0.15) is 0 Å². The number of aryl methyl sites for hydroxylation is 1. The number of hydrogen-bond donors (Lipinski definition) is 0. The zero-order valence-electron chi connectivity index (χ0n) is 10.6. The van der Waals surface area contributed by atoms with Crippen LogP contribution in [0.1, 0.15) is 4.88 Å². The fraction of sp³-hybridized carbons (Fsp3) is 0.0588. The van der Waals surface area contributed by atoms with E-state index in [4.69, 9.17) is 0 Å². The lowest BCUT2D eigenvalue weighted by atomic mass is 10.2. The van der Waals surface area contributed by atoms with E-state index in [1.807, 2.05) is 11.3 Å². The van der Waals surface area contributed by atoms with Crippen LogP contribution in [0.3, 0.4) is 0 Å². The molecule has 0 atom stereocenters. The first-order chi connectivity index (χ1) is 9.34. The molecule has 0 saturated heterocycles. The van der Waals surface area contributed by atoms with Gasteiger partial charge >= 0.3 is 0 Å². The molecule has 1 nitrogen and oxygen atoms in total. The van der Waals surface area contributed by atoms with Crippen LogP contribution in [0.2, 0.25) is 0 Å². The first-order valence-corrected chi connectivity index (χ1v) is 7.21. The van der Waals surface area contributed by atoms with Crippen LogP contribution in [0.25, 0.3) is 26.8 Å². The van der Waals surface area contributed by atoms with Gasteiger partial charge in [0.1, 0.15) is 4.83 Å². The van der Waals surface area contributed by atoms with Crippen molar-refractivity contribution >= 4 is 32.5 Å². The van der Waals surface area contributed by atoms with Crippen molar-refractivity contribution in [1.82, 2.24) is 4.57 Å². The molecule has 0 aliphatic heterocycles. The summed E-state index contributed by atoms with van der Waals surface area (Å²) in [4.78, 5) is 2.70. The lowest BCUT2D eigenvalue weighted by Gasteiger charge is -2.05. The number of fused-ring (bicyclic) bond motifs is 3. The van der Waals surface area contributed by atoms with Crippen molar-refractivity contribution in [2.75, 3.05) is 0 Å². The highest BCUT2D eigenvalue weighted by Crippen LogP contribution is 2.36. The first-order valence-electron chi connectivity index (χ1n) is 6.39. The standard InChI is InChI=1S/C17H13NS/c1-12-11-15-14-9-5-6-10-16(14)18(17(15)19-12)13-7-3-2-4-8-13/h2-11H,1H3. The smallest absolute Gasteiger partial charge is 0.108 e. The van der Waals surface area contributed by atoms with Crippen LogP contribution >= 0.6 is 11.3 Å². The van der Waals surface area contributed by atoms with Crippen molar-refractivity contribution < 1.29 is 0 Å². The number of para-hydroxylation sites is 2. The Kier molecular flexibility index (Phi) is 2.26. The molecule has 0 bridgehead atoms. The Hall–Kier alpha value is -2.06. The summed E-state index contributed by atoms with van der Waals surface area (Å²) >= 11 is 1.86. The van der Waals surface area contributed by atoms with Crippen molar-refractivity contribution in [3.8, 4) is 5.69 Å². The molecular weight excluding hydrogens is 250 g/mol. The highest BCUT2D eigenvalue weighted by atomic mass is 32.1. The Morgan fingerprint density at radius 2 is 1.58 bits per heavy atom. The predicted octanol–water partition coefficient (Wildman–Crippen LogP) is 5.15. The zero-order chi connectivity index (χ0) is 12.8. The summed E-state index contributed by atoms with van der Waals surface area (Å²) in [5.41, 5.74) is 2.52. The summed E-state index contributed by atoms with van der Waals surface area (Å²) in [6, 6.07) is 21.5. The summed E-state index contributed by atoms with van der Waals surface area (Å²) in [5, 5.41) is 2.70. The Morgan fingerprint density at radius 1 is 0.842 bits per heavy atom. The summed E-state index contributed by atoms with van der Waals surface area (Å²) in [5.74, 6) is 0. The number of aromatic nitrogens is 1. The molecule has 19 heavy (non-hydrogen) atoms. The fourth-order valence-corrected chi connectivity index (χ4v) is 3.76. The Morgan fingerprint density at radius 3 is 2.42 bits per heavy atom. The first kappa shape index (κ1) is 10.8. The lowest BCUT2D eigenvalue weighted by molar-refractivity contribution is 1.19. The second-order valence-corrected chi connectivity index (χ2v) is 6.00. The van der Waals surface area contributed by atoms with E-state index in [9.17, 15) is 0 Å². The van der Waals surface area contributed by atoms with Crippen LogP contribution in [0.5, 0.6) is 0 Å². The molecule has 0 fully saturated rings. The molecule has 0 amide bonds. The minimum absolute atomic E-state index is 1.23. The van der Waals surface area contributed by atoms with E-state index in [2.05, 4.69) is 72.2 Å². The normalized spacial score (nSPS) is 11.4. The molecular formula is C17H13NS. The number of hydrogen-bond acceptors (Lipinski definition) is 1. The summed E-state index contributed by atoms with van der Waals surface area (Å²) in [6.45, 7) is 2.18.